The van der Waals surface area contributed by atoms with Crippen LogP contribution < -0.4 is 10.6 Å². The van der Waals surface area contributed by atoms with E-state index in [0.29, 0.717) is 6.54 Å². The first-order valence-corrected chi connectivity index (χ1v) is 11.0. The van der Waals surface area contributed by atoms with Crippen LogP contribution in [0.5, 0.6) is 0 Å². The minimum atomic E-state index is -3.64. The Bertz CT molecular complexity index is 931. The van der Waals surface area contributed by atoms with Crippen LogP contribution in [-0.2, 0) is 31.0 Å². The topological polar surface area (TPSA) is 116 Å². The molecule has 0 unspecified atom stereocenters. The lowest BCUT2D eigenvalue weighted by atomic mass is 9.96. The van der Waals surface area contributed by atoms with Crippen molar-refractivity contribution < 1.29 is 22.8 Å². The van der Waals surface area contributed by atoms with Gasteiger partial charge in [-0.2, -0.15) is 4.31 Å². The Morgan fingerprint density at radius 3 is 2.48 bits per heavy atom. The Kier molecular flexibility index (Phi) is 6.69. The number of nitrogens with one attached hydrogen (secondary N) is 2. The third-order valence-corrected chi connectivity index (χ3v) is 6.45. The molecule has 2 rings (SSSR count). The largest absolute Gasteiger partial charge is 0.350 e. The van der Waals surface area contributed by atoms with Gasteiger partial charge in [0.05, 0.1) is 19.3 Å². The molecule has 1 atom stereocenters. The minimum Gasteiger partial charge on any atom is -0.350 e. The van der Waals surface area contributed by atoms with Gasteiger partial charge in [0.2, 0.25) is 27.7 Å². The van der Waals surface area contributed by atoms with Gasteiger partial charge in [-0.3, -0.25) is 14.4 Å². The molecule has 1 aromatic carbocycles. The van der Waals surface area contributed by atoms with E-state index < -0.39 is 27.4 Å². The molecular weight excluding hydrogens is 396 g/mol. The van der Waals surface area contributed by atoms with Crippen molar-refractivity contribution in [1.29, 1.82) is 0 Å². The van der Waals surface area contributed by atoms with E-state index >= 15 is 0 Å². The molecule has 1 aliphatic rings. The second kappa shape index (κ2) is 8.50. The second-order valence-corrected chi connectivity index (χ2v) is 9.63. The fraction of sp³-hybridized carbons (Fsp3) is 0.526. The van der Waals surface area contributed by atoms with Crippen LogP contribution in [0.4, 0.5) is 0 Å². The maximum Gasteiger partial charge on any atom is 0.247 e. The third kappa shape index (κ3) is 5.33. The second-order valence-electron chi connectivity index (χ2n) is 7.65. The third-order valence-electron chi connectivity index (χ3n) is 5.26. The minimum absolute atomic E-state index is 0.177. The van der Waals surface area contributed by atoms with Gasteiger partial charge in [0.1, 0.15) is 5.54 Å². The molecule has 0 bridgehead atoms. The van der Waals surface area contributed by atoms with E-state index in [-0.39, 0.29) is 25.5 Å². The monoisotopic (exact) mass is 424 g/mol. The first-order valence-electron chi connectivity index (χ1n) is 9.17. The molecule has 0 aromatic heterocycles. The van der Waals surface area contributed by atoms with Gasteiger partial charge < -0.3 is 15.5 Å². The Morgan fingerprint density at radius 2 is 1.86 bits per heavy atom. The molecule has 9 nitrogen and oxygen atoms in total. The SMILES string of the molecule is Cc1ccc(C)c(CNC(=O)CNC(=O)[C@@]2(C)CN(S(C)(=O)=O)CC(=O)N2C)c1. The zero-order valence-electron chi connectivity index (χ0n) is 17.4. The molecule has 0 spiro atoms. The van der Waals surface area contributed by atoms with Gasteiger partial charge in [0.25, 0.3) is 0 Å². The highest BCUT2D eigenvalue weighted by Crippen LogP contribution is 2.22. The zero-order valence-corrected chi connectivity index (χ0v) is 18.2. The number of amides is 3. The summed E-state index contributed by atoms with van der Waals surface area (Å²) in [6, 6.07) is 5.95. The lowest BCUT2D eigenvalue weighted by molar-refractivity contribution is -0.150. The maximum absolute atomic E-state index is 12.7. The molecule has 160 valence electrons. The molecule has 1 fully saturated rings. The molecule has 1 aromatic rings. The predicted octanol–water partition coefficient (Wildman–Crippen LogP) is -0.472. The van der Waals surface area contributed by atoms with Crippen molar-refractivity contribution in [3.05, 3.63) is 34.9 Å². The molecule has 29 heavy (non-hydrogen) atoms. The van der Waals surface area contributed by atoms with Crippen LogP contribution in [-0.4, -0.2) is 73.8 Å². The quantitative estimate of drug-likeness (QED) is 0.640. The fourth-order valence-corrected chi connectivity index (χ4v) is 3.92. The summed E-state index contributed by atoms with van der Waals surface area (Å²) in [5.74, 6) is -1.46. The Balaban J connectivity index is 1.98. The Morgan fingerprint density at radius 1 is 1.21 bits per heavy atom. The van der Waals surface area contributed by atoms with Crippen molar-refractivity contribution in [1.82, 2.24) is 19.8 Å². The van der Waals surface area contributed by atoms with Crippen molar-refractivity contribution in [2.24, 2.45) is 0 Å². The molecule has 1 saturated heterocycles. The van der Waals surface area contributed by atoms with Crippen LogP contribution >= 0.6 is 0 Å². The summed E-state index contributed by atoms with van der Waals surface area (Å²) in [6.45, 7) is 4.96. The van der Waals surface area contributed by atoms with E-state index in [1.807, 2.05) is 32.0 Å². The van der Waals surface area contributed by atoms with Crippen molar-refractivity contribution in [3.8, 4) is 0 Å². The maximum atomic E-state index is 12.7. The van der Waals surface area contributed by atoms with E-state index in [0.717, 1.165) is 27.3 Å². The molecule has 1 heterocycles. The van der Waals surface area contributed by atoms with Gasteiger partial charge in [-0.15, -0.1) is 0 Å². The number of piperazine rings is 1. The number of hydrogen-bond donors (Lipinski definition) is 2. The van der Waals surface area contributed by atoms with Gasteiger partial charge >= 0.3 is 0 Å². The van der Waals surface area contributed by atoms with Gasteiger partial charge in [-0.25, -0.2) is 8.42 Å². The first-order chi connectivity index (χ1) is 13.3. The van der Waals surface area contributed by atoms with Gasteiger partial charge in [-0.1, -0.05) is 23.8 Å². The summed E-state index contributed by atoms with van der Waals surface area (Å²) in [7, 11) is -2.19. The summed E-state index contributed by atoms with van der Waals surface area (Å²) in [6.07, 6.45) is 0.991. The molecule has 2 N–H and O–H groups in total. The summed E-state index contributed by atoms with van der Waals surface area (Å²) >= 11 is 0. The standard InChI is InChI=1S/C19H28N4O5S/c1-13-6-7-14(2)15(8-13)9-20-16(24)10-21-18(26)19(3)12-23(29(5,27)28)11-17(25)22(19)4/h6-8H,9-12H2,1-5H3,(H,20,24)(H,21,26)/t19-/m1/s1. The van der Waals surface area contributed by atoms with Gasteiger partial charge in [0.15, 0.2) is 0 Å². The van der Waals surface area contributed by atoms with Crippen molar-refractivity contribution in [3.63, 3.8) is 0 Å². The van der Waals surface area contributed by atoms with Crippen LogP contribution in [0.3, 0.4) is 0 Å². The lowest BCUT2D eigenvalue weighted by Gasteiger charge is -2.44. The smallest absolute Gasteiger partial charge is 0.247 e. The average Bonchev–Trinajstić information content (AvgIpc) is 2.63. The summed E-state index contributed by atoms with van der Waals surface area (Å²) in [5.41, 5.74) is 1.71. The highest BCUT2D eigenvalue weighted by Gasteiger charge is 2.47. The number of nitrogens with zero attached hydrogens (tertiary/aromatic N) is 2. The van der Waals surface area contributed by atoms with Crippen molar-refractivity contribution >= 4 is 27.7 Å². The van der Waals surface area contributed by atoms with Gasteiger partial charge in [0, 0.05) is 20.1 Å². The molecule has 1 aliphatic heterocycles. The lowest BCUT2D eigenvalue weighted by Crippen LogP contribution is -2.68. The highest BCUT2D eigenvalue weighted by atomic mass is 32.2. The first kappa shape index (κ1) is 22.8. The van der Waals surface area contributed by atoms with Crippen LogP contribution in [0.15, 0.2) is 18.2 Å². The van der Waals surface area contributed by atoms with E-state index in [1.165, 1.54) is 18.9 Å². The molecule has 3 amide bonds. The molecule has 10 heteroatoms. The summed E-state index contributed by atoms with van der Waals surface area (Å²) < 4.78 is 24.7. The van der Waals surface area contributed by atoms with E-state index in [4.69, 9.17) is 0 Å². The number of sulfonamides is 1. The summed E-state index contributed by atoms with van der Waals surface area (Å²) in [4.78, 5) is 38.3. The van der Waals surface area contributed by atoms with Crippen molar-refractivity contribution in [2.45, 2.75) is 32.9 Å². The van der Waals surface area contributed by atoms with Crippen molar-refractivity contribution in [2.75, 3.05) is 32.9 Å². The van der Waals surface area contributed by atoms with Crippen LogP contribution in [0.25, 0.3) is 0 Å². The van der Waals surface area contributed by atoms with E-state index in [9.17, 15) is 22.8 Å². The normalized spacial score (nSPS) is 20.4. The molecule has 0 saturated carbocycles. The van der Waals surface area contributed by atoms with Crippen LogP contribution in [0, 0.1) is 13.8 Å². The zero-order chi connectivity index (χ0) is 22.0. The number of rotatable bonds is 6. The summed E-state index contributed by atoms with van der Waals surface area (Å²) in [5, 5.41) is 5.26. The predicted molar refractivity (Wildman–Crippen MR) is 108 cm³/mol. The van der Waals surface area contributed by atoms with Crippen LogP contribution in [0.1, 0.15) is 23.6 Å². The average molecular weight is 425 g/mol. The molecular formula is C19H28N4O5S. The number of likely N-dealkylation sites (N-methyl/N-ethyl adjacent to an activating group) is 1. The Hall–Kier alpha value is -2.46. The molecule has 0 radical (unpaired) electrons. The number of carbonyl (C=O) groups is 3. The number of hydrogen-bond acceptors (Lipinski definition) is 5. The number of benzene rings is 1. The van der Waals surface area contributed by atoms with E-state index in [1.54, 1.807) is 0 Å². The molecule has 0 aliphatic carbocycles. The highest BCUT2D eigenvalue weighted by molar-refractivity contribution is 7.88. The number of aryl methyl sites for hydroxylation is 2. The van der Waals surface area contributed by atoms with E-state index in [2.05, 4.69) is 10.6 Å². The van der Waals surface area contributed by atoms with Crippen LogP contribution in [0.2, 0.25) is 0 Å². The van der Waals surface area contributed by atoms with Gasteiger partial charge in [-0.05, 0) is 31.9 Å². The number of carbonyl (C=O) groups excluding carboxylic acids is 3. The Labute approximate surface area is 171 Å². The fourth-order valence-electron chi connectivity index (χ4n) is 3.09.